The van der Waals surface area contributed by atoms with Gasteiger partial charge in [-0.25, -0.2) is 9.97 Å². The van der Waals surface area contributed by atoms with Gasteiger partial charge in [-0.15, -0.1) is 0 Å². The van der Waals surface area contributed by atoms with Crippen LogP contribution in [0.1, 0.15) is 19.7 Å². The second kappa shape index (κ2) is 6.92. The lowest BCUT2D eigenvalue weighted by atomic mass is 10.1. The Hall–Kier alpha value is -1.06. The van der Waals surface area contributed by atoms with Crippen molar-refractivity contribution in [1.29, 1.82) is 0 Å². The topological polar surface area (TPSA) is 25.8 Å². The van der Waals surface area contributed by atoms with E-state index in [0.29, 0.717) is 11.1 Å². The lowest BCUT2D eigenvalue weighted by Gasteiger charge is -2.06. The first kappa shape index (κ1) is 14.4. The second-order valence-electron chi connectivity index (χ2n) is 4.77. The van der Waals surface area contributed by atoms with Gasteiger partial charge in [0, 0.05) is 11.6 Å². The van der Waals surface area contributed by atoms with E-state index in [4.69, 9.17) is 11.6 Å². The van der Waals surface area contributed by atoms with Gasteiger partial charge in [-0.1, -0.05) is 55.8 Å². The van der Waals surface area contributed by atoms with Gasteiger partial charge < -0.3 is 0 Å². The fraction of sp³-hybridized carbons (Fsp3) is 0.333. The molecular formula is C15H17ClN2S. The molecule has 0 radical (unpaired) electrons. The zero-order chi connectivity index (χ0) is 13.7. The summed E-state index contributed by atoms with van der Waals surface area (Å²) in [5, 5.41) is 0.508. The van der Waals surface area contributed by atoms with Crippen LogP contribution in [0.2, 0.25) is 5.15 Å². The van der Waals surface area contributed by atoms with Crippen LogP contribution in [0, 0.1) is 5.92 Å². The number of halogens is 1. The summed E-state index contributed by atoms with van der Waals surface area (Å²) < 4.78 is 0. The van der Waals surface area contributed by atoms with Crippen molar-refractivity contribution in [2.24, 2.45) is 5.92 Å². The second-order valence-corrected chi connectivity index (χ2v) is 6.18. The first-order valence-corrected chi connectivity index (χ1v) is 7.85. The Morgan fingerprint density at radius 3 is 2.58 bits per heavy atom. The molecule has 0 fully saturated rings. The number of rotatable bonds is 5. The van der Waals surface area contributed by atoms with Gasteiger partial charge in [0.2, 0.25) is 0 Å². The van der Waals surface area contributed by atoms with E-state index in [1.165, 1.54) is 0 Å². The number of hydrogen-bond donors (Lipinski definition) is 0. The molecule has 1 heterocycles. The average Bonchev–Trinajstić information content (AvgIpc) is 2.39. The van der Waals surface area contributed by atoms with Crippen LogP contribution < -0.4 is 0 Å². The van der Waals surface area contributed by atoms with Gasteiger partial charge in [-0.05, 0) is 11.7 Å². The predicted molar refractivity (Wildman–Crippen MR) is 83.5 cm³/mol. The first-order valence-electron chi connectivity index (χ1n) is 6.32. The van der Waals surface area contributed by atoms with Crippen molar-refractivity contribution in [2.75, 3.05) is 5.75 Å². The molecule has 1 aromatic heterocycles. The summed E-state index contributed by atoms with van der Waals surface area (Å²) >= 11 is 7.92. The molecule has 19 heavy (non-hydrogen) atoms. The molecule has 0 aliphatic heterocycles. The van der Waals surface area contributed by atoms with Crippen LogP contribution in [-0.2, 0) is 5.75 Å². The van der Waals surface area contributed by atoms with Crippen LogP contribution in [0.15, 0.2) is 36.4 Å². The van der Waals surface area contributed by atoms with Crippen LogP contribution in [0.3, 0.4) is 0 Å². The summed E-state index contributed by atoms with van der Waals surface area (Å²) in [5.74, 6) is 3.39. The summed E-state index contributed by atoms with van der Waals surface area (Å²) in [6, 6.07) is 11.9. The molecule has 0 bridgehead atoms. The van der Waals surface area contributed by atoms with Crippen molar-refractivity contribution in [3.05, 3.63) is 47.4 Å². The highest BCUT2D eigenvalue weighted by molar-refractivity contribution is 7.98. The quantitative estimate of drug-likeness (QED) is 0.748. The molecule has 2 nitrogen and oxygen atoms in total. The van der Waals surface area contributed by atoms with Crippen molar-refractivity contribution in [3.8, 4) is 11.3 Å². The summed E-state index contributed by atoms with van der Waals surface area (Å²) in [6.45, 7) is 4.42. The largest absolute Gasteiger partial charge is 0.232 e. The van der Waals surface area contributed by atoms with Crippen molar-refractivity contribution in [1.82, 2.24) is 9.97 Å². The molecule has 0 saturated carbocycles. The maximum atomic E-state index is 6.08. The number of thioether (sulfide) groups is 1. The number of aromatic nitrogens is 2. The predicted octanol–water partition coefficient (Wildman–Crippen LogP) is 4.69. The fourth-order valence-electron chi connectivity index (χ4n) is 1.67. The number of benzene rings is 1. The fourth-order valence-corrected chi connectivity index (χ4v) is 2.77. The van der Waals surface area contributed by atoms with E-state index in [1.807, 2.05) is 48.2 Å². The molecule has 0 N–H and O–H groups in total. The molecule has 0 amide bonds. The van der Waals surface area contributed by atoms with Crippen molar-refractivity contribution in [3.63, 3.8) is 0 Å². The number of hydrogen-bond acceptors (Lipinski definition) is 3. The molecule has 2 rings (SSSR count). The zero-order valence-electron chi connectivity index (χ0n) is 11.1. The summed E-state index contributed by atoms with van der Waals surface area (Å²) in [5.41, 5.74) is 1.96. The minimum atomic E-state index is 0.508. The molecule has 100 valence electrons. The molecule has 0 saturated heterocycles. The molecule has 0 unspecified atom stereocenters. The van der Waals surface area contributed by atoms with E-state index < -0.39 is 0 Å². The van der Waals surface area contributed by atoms with E-state index in [9.17, 15) is 0 Å². The van der Waals surface area contributed by atoms with Crippen LogP contribution >= 0.6 is 23.4 Å². The first-order chi connectivity index (χ1) is 9.15. The van der Waals surface area contributed by atoms with Gasteiger partial charge in [-0.2, -0.15) is 11.8 Å². The maximum absolute atomic E-state index is 6.08. The normalized spacial score (nSPS) is 10.9. The smallest absolute Gasteiger partial charge is 0.140 e. The summed E-state index contributed by atoms with van der Waals surface area (Å²) in [7, 11) is 0. The summed E-state index contributed by atoms with van der Waals surface area (Å²) in [4.78, 5) is 8.87. The average molecular weight is 293 g/mol. The van der Waals surface area contributed by atoms with Crippen LogP contribution in [0.25, 0.3) is 11.3 Å². The monoisotopic (exact) mass is 292 g/mol. The summed E-state index contributed by atoms with van der Waals surface area (Å²) in [6.07, 6.45) is 0. The Morgan fingerprint density at radius 1 is 1.16 bits per heavy atom. The van der Waals surface area contributed by atoms with Crippen LogP contribution in [-0.4, -0.2) is 15.7 Å². The molecule has 2 aromatic rings. The molecule has 4 heteroatoms. The standard InChI is InChI=1S/C15H17ClN2S/c1-11(2)9-19-10-15-17-13(8-14(16)18-15)12-6-4-3-5-7-12/h3-8,11H,9-10H2,1-2H3. The van der Waals surface area contributed by atoms with Gasteiger partial charge in [0.1, 0.15) is 11.0 Å². The maximum Gasteiger partial charge on any atom is 0.140 e. The van der Waals surface area contributed by atoms with Crippen LogP contribution in [0.4, 0.5) is 0 Å². The lowest BCUT2D eigenvalue weighted by Crippen LogP contribution is -1.98. The van der Waals surface area contributed by atoms with Gasteiger partial charge in [-0.3, -0.25) is 0 Å². The van der Waals surface area contributed by atoms with Crippen LogP contribution in [0.5, 0.6) is 0 Å². The Labute approximate surface area is 123 Å². The molecule has 0 atom stereocenters. The van der Waals surface area contributed by atoms with Crippen molar-refractivity contribution in [2.45, 2.75) is 19.6 Å². The third-order valence-electron chi connectivity index (χ3n) is 2.49. The molecule has 1 aromatic carbocycles. The highest BCUT2D eigenvalue weighted by Gasteiger charge is 2.06. The molecule has 0 spiro atoms. The van der Waals surface area contributed by atoms with Gasteiger partial charge >= 0.3 is 0 Å². The number of nitrogens with zero attached hydrogens (tertiary/aromatic N) is 2. The Morgan fingerprint density at radius 2 is 1.89 bits per heavy atom. The van der Waals surface area contributed by atoms with Gasteiger partial charge in [0.05, 0.1) is 11.4 Å². The molecule has 0 aliphatic rings. The minimum Gasteiger partial charge on any atom is -0.232 e. The SMILES string of the molecule is CC(C)CSCc1nc(Cl)cc(-c2ccccc2)n1. The van der Waals surface area contributed by atoms with E-state index in [-0.39, 0.29) is 0 Å². The highest BCUT2D eigenvalue weighted by Crippen LogP contribution is 2.21. The van der Waals surface area contributed by atoms with Gasteiger partial charge in [0.25, 0.3) is 0 Å². The Kier molecular flexibility index (Phi) is 5.23. The van der Waals surface area contributed by atoms with Crippen molar-refractivity contribution < 1.29 is 0 Å². The van der Waals surface area contributed by atoms with E-state index >= 15 is 0 Å². The minimum absolute atomic E-state index is 0.508. The third-order valence-corrected chi connectivity index (χ3v) is 4.05. The van der Waals surface area contributed by atoms with Crippen molar-refractivity contribution >= 4 is 23.4 Å². The Balaban J connectivity index is 2.16. The molecular weight excluding hydrogens is 276 g/mol. The highest BCUT2D eigenvalue weighted by atomic mass is 35.5. The van der Waals surface area contributed by atoms with Gasteiger partial charge in [0.15, 0.2) is 0 Å². The lowest BCUT2D eigenvalue weighted by molar-refractivity contribution is 0.750. The van der Waals surface area contributed by atoms with E-state index in [2.05, 4.69) is 23.8 Å². The van der Waals surface area contributed by atoms with E-state index in [0.717, 1.165) is 28.6 Å². The zero-order valence-corrected chi connectivity index (χ0v) is 12.7. The molecule has 0 aliphatic carbocycles. The van der Waals surface area contributed by atoms with E-state index in [1.54, 1.807) is 0 Å². The Bertz CT molecular complexity index is 529. The third kappa shape index (κ3) is 4.51.